The Kier molecular flexibility index (Phi) is 8.82. The molecular formula is C29H39N3O5. The van der Waals surface area contributed by atoms with Gasteiger partial charge in [-0.05, 0) is 75.1 Å². The molecule has 0 radical (unpaired) electrons. The molecule has 0 spiro atoms. The van der Waals surface area contributed by atoms with Crippen molar-refractivity contribution in [1.82, 2.24) is 14.5 Å². The number of H-pyrrole nitrogens is 1. The molecule has 0 saturated carbocycles. The molecule has 1 aliphatic rings. The van der Waals surface area contributed by atoms with Crippen molar-refractivity contribution >= 4 is 17.0 Å². The summed E-state index contributed by atoms with van der Waals surface area (Å²) in [5, 5.41) is 10.2. The summed E-state index contributed by atoms with van der Waals surface area (Å²) in [5.41, 5.74) is 4.39. The molecule has 2 atom stereocenters. The number of hydrogen-bond donors (Lipinski definition) is 2. The molecule has 37 heavy (non-hydrogen) atoms. The third-order valence-electron chi connectivity index (χ3n) is 7.13. The van der Waals surface area contributed by atoms with Crippen LogP contribution in [0, 0.1) is 24.7 Å². The molecule has 1 aliphatic heterocycles. The summed E-state index contributed by atoms with van der Waals surface area (Å²) >= 11 is 0. The van der Waals surface area contributed by atoms with Crippen LogP contribution in [-0.2, 0) is 27.2 Å². The van der Waals surface area contributed by atoms with Crippen LogP contribution in [0.25, 0.3) is 22.4 Å². The van der Waals surface area contributed by atoms with Gasteiger partial charge in [0.15, 0.2) is 0 Å². The van der Waals surface area contributed by atoms with Gasteiger partial charge < -0.3 is 24.1 Å². The van der Waals surface area contributed by atoms with Gasteiger partial charge in [-0.2, -0.15) is 0 Å². The number of nitrogens with one attached hydrogen (secondary N) is 1. The highest BCUT2D eigenvalue weighted by molar-refractivity contribution is 5.81. The van der Waals surface area contributed by atoms with E-state index in [2.05, 4.69) is 27.8 Å². The third kappa shape index (κ3) is 6.67. The first kappa shape index (κ1) is 27.1. The Morgan fingerprint density at radius 3 is 2.68 bits per heavy atom. The number of nitrogens with zero attached hydrogens (tertiary/aromatic N) is 2. The maximum absolute atomic E-state index is 12.5. The van der Waals surface area contributed by atoms with Crippen molar-refractivity contribution in [1.29, 1.82) is 0 Å². The first-order valence-electron chi connectivity index (χ1n) is 13.3. The standard InChI is InChI=1S/C29H39N3O5/c1-18(2)17-37-29(35)24(20(4)33)7-5-21-6-8-26-25(14-21)31-27(23-13-19(3)28(34)30-15-23)32(26)16-22-9-11-36-12-10-22/h6,8,13-15,18,20,22,24,33H,5,7,9-12,16-17H2,1-4H3,(H,30,34)/t20-,24+/m1/s1. The lowest BCUT2D eigenvalue weighted by Gasteiger charge is -2.23. The van der Waals surface area contributed by atoms with Crippen molar-refractivity contribution in [3.8, 4) is 11.4 Å². The molecule has 200 valence electrons. The smallest absolute Gasteiger partial charge is 0.311 e. The summed E-state index contributed by atoms with van der Waals surface area (Å²) in [6.07, 6.45) is 4.09. The highest BCUT2D eigenvalue weighted by Gasteiger charge is 2.26. The highest BCUT2D eigenvalue weighted by atomic mass is 16.5. The maximum Gasteiger partial charge on any atom is 0.311 e. The van der Waals surface area contributed by atoms with Gasteiger partial charge in [0, 0.05) is 37.1 Å². The Labute approximate surface area is 218 Å². The number of rotatable bonds is 10. The van der Waals surface area contributed by atoms with E-state index in [9.17, 15) is 14.7 Å². The fraction of sp³-hybridized carbons (Fsp3) is 0.552. The van der Waals surface area contributed by atoms with Gasteiger partial charge in [0.25, 0.3) is 5.56 Å². The molecule has 0 unspecified atom stereocenters. The molecule has 8 heteroatoms. The first-order chi connectivity index (χ1) is 17.7. The predicted octanol–water partition coefficient (Wildman–Crippen LogP) is 4.26. The van der Waals surface area contributed by atoms with Gasteiger partial charge in [0.2, 0.25) is 0 Å². The number of hydrogen-bond acceptors (Lipinski definition) is 6. The van der Waals surface area contributed by atoms with E-state index in [1.807, 2.05) is 19.9 Å². The lowest BCUT2D eigenvalue weighted by molar-refractivity contribution is -0.153. The quantitative estimate of drug-likeness (QED) is 0.396. The molecule has 0 amide bonds. The van der Waals surface area contributed by atoms with Crippen LogP contribution in [0.1, 0.15) is 51.2 Å². The summed E-state index contributed by atoms with van der Waals surface area (Å²) in [5.74, 6) is 0.660. The molecular weight excluding hydrogens is 470 g/mol. The molecule has 4 rings (SSSR count). The van der Waals surface area contributed by atoms with E-state index in [4.69, 9.17) is 14.5 Å². The Balaban J connectivity index is 1.61. The second-order valence-corrected chi connectivity index (χ2v) is 10.7. The summed E-state index contributed by atoms with van der Waals surface area (Å²) in [7, 11) is 0. The molecule has 1 fully saturated rings. The van der Waals surface area contributed by atoms with Gasteiger partial charge in [-0.25, -0.2) is 4.98 Å². The summed E-state index contributed by atoms with van der Waals surface area (Å²) in [4.78, 5) is 32.3. The summed E-state index contributed by atoms with van der Waals surface area (Å²) in [6.45, 7) is 10.2. The Hall–Kier alpha value is -2.97. The molecule has 8 nitrogen and oxygen atoms in total. The van der Waals surface area contributed by atoms with Crippen LogP contribution in [0.2, 0.25) is 0 Å². The largest absolute Gasteiger partial charge is 0.465 e. The SMILES string of the molecule is Cc1cc(-c2nc3cc(CC[C@H](C(=O)OCC(C)C)[C@@H](C)O)ccc3n2CC2CCOCC2)c[nH]c1=O. The van der Waals surface area contributed by atoms with Crippen LogP contribution >= 0.6 is 0 Å². The number of aliphatic hydroxyl groups is 1. The van der Waals surface area contributed by atoms with Crippen molar-refractivity contribution in [2.45, 2.75) is 66.0 Å². The number of ether oxygens (including phenoxy) is 2. The molecule has 2 N–H and O–H groups in total. The number of pyridine rings is 1. The summed E-state index contributed by atoms with van der Waals surface area (Å²) in [6, 6.07) is 8.12. The van der Waals surface area contributed by atoms with Crippen LogP contribution < -0.4 is 5.56 Å². The number of benzene rings is 1. The molecule has 0 bridgehead atoms. The van der Waals surface area contributed by atoms with Crippen LogP contribution in [0.5, 0.6) is 0 Å². The lowest BCUT2D eigenvalue weighted by Crippen LogP contribution is -2.29. The zero-order valence-corrected chi connectivity index (χ0v) is 22.3. The van der Waals surface area contributed by atoms with Gasteiger partial charge >= 0.3 is 5.97 Å². The Morgan fingerprint density at radius 2 is 2.00 bits per heavy atom. The number of esters is 1. The maximum atomic E-state index is 12.5. The van der Waals surface area contributed by atoms with E-state index in [-0.39, 0.29) is 17.4 Å². The van der Waals surface area contributed by atoms with Crippen molar-refractivity contribution in [3.05, 3.63) is 51.9 Å². The van der Waals surface area contributed by atoms with Crippen LogP contribution in [0.3, 0.4) is 0 Å². The van der Waals surface area contributed by atoms with E-state index in [0.717, 1.165) is 60.6 Å². The van der Waals surface area contributed by atoms with E-state index in [1.165, 1.54) is 0 Å². The van der Waals surface area contributed by atoms with Gasteiger partial charge in [-0.3, -0.25) is 9.59 Å². The average Bonchev–Trinajstić information content (AvgIpc) is 3.22. The Bertz CT molecular complexity index is 1270. The normalized spacial score (nSPS) is 16.3. The second-order valence-electron chi connectivity index (χ2n) is 10.7. The molecule has 0 aliphatic carbocycles. The number of aromatic amines is 1. The number of carbonyl (C=O) groups excluding carboxylic acids is 1. The number of imidazole rings is 1. The predicted molar refractivity (Wildman–Crippen MR) is 143 cm³/mol. The van der Waals surface area contributed by atoms with Crippen molar-refractivity contribution in [2.24, 2.45) is 17.8 Å². The first-order valence-corrected chi connectivity index (χ1v) is 13.3. The van der Waals surface area contributed by atoms with Crippen LogP contribution in [-0.4, -0.2) is 51.5 Å². The second kappa shape index (κ2) is 12.0. The molecule has 1 aromatic carbocycles. The number of fused-ring (bicyclic) bond motifs is 1. The van der Waals surface area contributed by atoms with E-state index in [1.54, 1.807) is 20.0 Å². The fourth-order valence-electron chi connectivity index (χ4n) is 4.88. The lowest BCUT2D eigenvalue weighted by atomic mass is 9.95. The third-order valence-corrected chi connectivity index (χ3v) is 7.13. The van der Waals surface area contributed by atoms with E-state index in [0.29, 0.717) is 30.9 Å². The van der Waals surface area contributed by atoms with Crippen LogP contribution in [0.15, 0.2) is 35.3 Å². The van der Waals surface area contributed by atoms with E-state index >= 15 is 0 Å². The zero-order chi connectivity index (χ0) is 26.5. The van der Waals surface area contributed by atoms with Crippen molar-refractivity contribution in [3.63, 3.8) is 0 Å². The zero-order valence-electron chi connectivity index (χ0n) is 22.3. The van der Waals surface area contributed by atoms with E-state index < -0.39 is 12.0 Å². The number of carbonyl (C=O) groups is 1. The molecule has 3 aromatic rings. The fourth-order valence-corrected chi connectivity index (χ4v) is 4.88. The minimum Gasteiger partial charge on any atom is -0.465 e. The van der Waals surface area contributed by atoms with Crippen LogP contribution in [0.4, 0.5) is 0 Å². The van der Waals surface area contributed by atoms with Crippen molar-refractivity contribution < 1.29 is 19.4 Å². The number of aryl methyl sites for hydroxylation is 2. The Morgan fingerprint density at radius 1 is 1.24 bits per heavy atom. The summed E-state index contributed by atoms with van der Waals surface area (Å²) < 4.78 is 13.2. The minimum atomic E-state index is -0.780. The number of aromatic nitrogens is 3. The highest BCUT2D eigenvalue weighted by Crippen LogP contribution is 2.29. The van der Waals surface area contributed by atoms with Gasteiger partial charge in [-0.1, -0.05) is 19.9 Å². The molecule has 3 heterocycles. The molecule has 1 saturated heterocycles. The molecule has 2 aromatic heterocycles. The van der Waals surface area contributed by atoms with Gasteiger partial charge in [-0.15, -0.1) is 0 Å². The average molecular weight is 510 g/mol. The van der Waals surface area contributed by atoms with Crippen molar-refractivity contribution in [2.75, 3.05) is 19.8 Å². The van der Waals surface area contributed by atoms with Gasteiger partial charge in [0.05, 0.1) is 29.7 Å². The number of aliphatic hydroxyl groups excluding tert-OH is 1. The topological polar surface area (TPSA) is 106 Å². The monoisotopic (exact) mass is 509 g/mol. The minimum absolute atomic E-state index is 0.0993. The van der Waals surface area contributed by atoms with Gasteiger partial charge in [0.1, 0.15) is 5.82 Å².